The SMILES string of the molecule is C=CN1C(=N)N(CCCCCC)CN(C)C1=O. The Bertz CT molecular complexity index is 303. The van der Waals surface area contributed by atoms with Crippen LogP contribution in [0.2, 0.25) is 0 Å². The van der Waals surface area contributed by atoms with Crippen molar-refractivity contribution >= 4 is 12.0 Å². The smallest absolute Gasteiger partial charge is 0.324 e. The molecular formula is C12H22N4O. The molecule has 0 atom stereocenters. The van der Waals surface area contributed by atoms with E-state index in [9.17, 15) is 4.79 Å². The third kappa shape index (κ3) is 3.22. The molecule has 0 aromatic rings. The maximum Gasteiger partial charge on any atom is 0.332 e. The molecule has 0 aliphatic carbocycles. The van der Waals surface area contributed by atoms with Gasteiger partial charge < -0.3 is 9.80 Å². The zero-order valence-electron chi connectivity index (χ0n) is 10.8. The predicted molar refractivity (Wildman–Crippen MR) is 68.6 cm³/mol. The molecule has 5 nitrogen and oxygen atoms in total. The second-order valence-electron chi connectivity index (χ2n) is 4.32. The van der Waals surface area contributed by atoms with Crippen molar-refractivity contribution in [1.29, 1.82) is 5.41 Å². The second-order valence-corrected chi connectivity index (χ2v) is 4.32. The highest BCUT2D eigenvalue weighted by molar-refractivity contribution is 5.97. The highest BCUT2D eigenvalue weighted by Gasteiger charge is 2.30. The van der Waals surface area contributed by atoms with Crippen LogP contribution in [0.1, 0.15) is 32.6 Å². The van der Waals surface area contributed by atoms with E-state index < -0.39 is 0 Å². The van der Waals surface area contributed by atoms with Crippen molar-refractivity contribution in [2.45, 2.75) is 32.6 Å². The van der Waals surface area contributed by atoms with Gasteiger partial charge in [0.1, 0.15) is 0 Å². The van der Waals surface area contributed by atoms with Crippen LogP contribution < -0.4 is 0 Å². The first kappa shape index (κ1) is 13.5. The van der Waals surface area contributed by atoms with Crippen molar-refractivity contribution in [3.05, 3.63) is 12.8 Å². The maximum absolute atomic E-state index is 11.7. The first-order valence-electron chi connectivity index (χ1n) is 6.12. The number of nitrogens with one attached hydrogen (secondary N) is 1. The molecule has 0 radical (unpaired) electrons. The predicted octanol–water partition coefficient (Wildman–Crippen LogP) is 2.27. The van der Waals surface area contributed by atoms with Crippen molar-refractivity contribution in [2.24, 2.45) is 0 Å². The van der Waals surface area contributed by atoms with Gasteiger partial charge in [0.2, 0.25) is 5.96 Å². The number of nitrogens with zero attached hydrogens (tertiary/aromatic N) is 3. The van der Waals surface area contributed by atoms with E-state index in [1.54, 1.807) is 11.9 Å². The van der Waals surface area contributed by atoms with E-state index in [0.717, 1.165) is 13.0 Å². The van der Waals surface area contributed by atoms with E-state index in [2.05, 4.69) is 13.5 Å². The monoisotopic (exact) mass is 238 g/mol. The third-order valence-electron chi connectivity index (χ3n) is 2.91. The van der Waals surface area contributed by atoms with Gasteiger partial charge >= 0.3 is 6.03 Å². The van der Waals surface area contributed by atoms with Crippen LogP contribution in [0.3, 0.4) is 0 Å². The van der Waals surface area contributed by atoms with Gasteiger partial charge in [0.25, 0.3) is 0 Å². The minimum absolute atomic E-state index is 0.185. The van der Waals surface area contributed by atoms with Gasteiger partial charge in [-0.3, -0.25) is 5.41 Å². The number of carbonyl (C=O) groups excluding carboxylic acids is 1. The standard InChI is InChI=1S/C12H22N4O/c1-4-6-7-8-9-15-10-14(3)12(17)16(5-2)11(15)13/h5,13H,2,4,6-10H2,1,3H3. The molecule has 2 amide bonds. The lowest BCUT2D eigenvalue weighted by atomic mass is 10.2. The number of hydrogen-bond donors (Lipinski definition) is 1. The highest BCUT2D eigenvalue weighted by Crippen LogP contribution is 2.12. The molecule has 1 rings (SSSR count). The molecule has 17 heavy (non-hydrogen) atoms. The Morgan fingerprint density at radius 3 is 2.71 bits per heavy atom. The van der Waals surface area contributed by atoms with Crippen molar-refractivity contribution in [2.75, 3.05) is 20.3 Å². The average Bonchev–Trinajstić information content (AvgIpc) is 2.32. The Kier molecular flexibility index (Phi) is 5.00. The summed E-state index contributed by atoms with van der Waals surface area (Å²) in [6.07, 6.45) is 6.06. The molecule has 0 saturated carbocycles. The fourth-order valence-electron chi connectivity index (χ4n) is 1.88. The Labute approximate surface area is 103 Å². The van der Waals surface area contributed by atoms with Crippen LogP contribution >= 0.6 is 0 Å². The maximum atomic E-state index is 11.7. The molecule has 1 heterocycles. The molecule has 0 bridgehead atoms. The highest BCUT2D eigenvalue weighted by atomic mass is 16.2. The van der Waals surface area contributed by atoms with Crippen molar-refractivity contribution in [3.63, 3.8) is 0 Å². The number of guanidine groups is 1. The van der Waals surface area contributed by atoms with E-state index in [-0.39, 0.29) is 12.0 Å². The van der Waals surface area contributed by atoms with Crippen LogP contribution in [0, 0.1) is 5.41 Å². The zero-order valence-corrected chi connectivity index (χ0v) is 10.8. The summed E-state index contributed by atoms with van der Waals surface area (Å²) in [5.41, 5.74) is 0. The average molecular weight is 238 g/mol. The van der Waals surface area contributed by atoms with Crippen LogP contribution in [0.25, 0.3) is 0 Å². The van der Waals surface area contributed by atoms with Crippen LogP contribution in [0.15, 0.2) is 12.8 Å². The van der Waals surface area contributed by atoms with Gasteiger partial charge in [-0.2, -0.15) is 0 Å². The van der Waals surface area contributed by atoms with Crippen molar-refractivity contribution < 1.29 is 4.79 Å². The van der Waals surface area contributed by atoms with E-state index in [1.165, 1.54) is 30.4 Å². The molecule has 1 aliphatic rings. The normalized spacial score (nSPS) is 16.7. The molecule has 1 aliphatic heterocycles. The molecule has 0 spiro atoms. The number of carbonyl (C=O) groups is 1. The minimum Gasteiger partial charge on any atom is -0.324 e. The lowest BCUT2D eigenvalue weighted by molar-refractivity contribution is 0.145. The Morgan fingerprint density at radius 1 is 1.41 bits per heavy atom. The summed E-state index contributed by atoms with van der Waals surface area (Å²) >= 11 is 0. The number of amides is 2. The van der Waals surface area contributed by atoms with Gasteiger partial charge in [0.15, 0.2) is 0 Å². The topological polar surface area (TPSA) is 50.6 Å². The third-order valence-corrected chi connectivity index (χ3v) is 2.91. The fraction of sp³-hybridized carbons (Fsp3) is 0.667. The molecule has 0 aromatic heterocycles. The van der Waals surface area contributed by atoms with Crippen LogP contribution in [-0.4, -0.2) is 47.0 Å². The number of urea groups is 1. The molecule has 96 valence electrons. The molecular weight excluding hydrogens is 216 g/mol. The molecule has 5 heteroatoms. The molecule has 1 saturated heterocycles. The summed E-state index contributed by atoms with van der Waals surface area (Å²) in [7, 11) is 1.74. The quantitative estimate of drug-likeness (QED) is 0.722. The molecule has 1 N–H and O–H groups in total. The summed E-state index contributed by atoms with van der Waals surface area (Å²) < 4.78 is 0. The van der Waals surface area contributed by atoms with Gasteiger partial charge in [-0.25, -0.2) is 9.69 Å². The van der Waals surface area contributed by atoms with E-state index >= 15 is 0 Å². The summed E-state index contributed by atoms with van der Waals surface area (Å²) in [5.74, 6) is 0.236. The molecule has 0 unspecified atom stereocenters. The van der Waals surface area contributed by atoms with Gasteiger partial charge in [-0.1, -0.05) is 32.8 Å². The molecule has 0 aromatic carbocycles. The van der Waals surface area contributed by atoms with E-state index in [1.807, 2.05) is 4.90 Å². The van der Waals surface area contributed by atoms with Gasteiger partial charge in [0, 0.05) is 19.8 Å². The summed E-state index contributed by atoms with van der Waals surface area (Å²) in [6, 6.07) is -0.185. The summed E-state index contributed by atoms with van der Waals surface area (Å²) in [6.45, 7) is 7.06. The first-order valence-corrected chi connectivity index (χ1v) is 6.12. The van der Waals surface area contributed by atoms with Gasteiger partial charge in [0.05, 0.1) is 6.67 Å². The van der Waals surface area contributed by atoms with Gasteiger partial charge in [-0.05, 0) is 6.42 Å². The second kappa shape index (κ2) is 6.27. The van der Waals surface area contributed by atoms with Crippen molar-refractivity contribution in [1.82, 2.24) is 14.7 Å². The lowest BCUT2D eigenvalue weighted by Crippen LogP contribution is -2.58. The first-order chi connectivity index (χ1) is 8.11. The Balaban J connectivity index is 2.52. The largest absolute Gasteiger partial charge is 0.332 e. The molecule has 1 fully saturated rings. The minimum atomic E-state index is -0.185. The fourth-order valence-corrected chi connectivity index (χ4v) is 1.88. The number of hydrogen-bond acceptors (Lipinski definition) is 2. The van der Waals surface area contributed by atoms with Crippen LogP contribution in [0.5, 0.6) is 0 Å². The van der Waals surface area contributed by atoms with Crippen LogP contribution in [-0.2, 0) is 0 Å². The number of rotatable bonds is 6. The zero-order chi connectivity index (χ0) is 12.8. The van der Waals surface area contributed by atoms with Crippen molar-refractivity contribution in [3.8, 4) is 0 Å². The van der Waals surface area contributed by atoms with Gasteiger partial charge in [-0.15, -0.1) is 0 Å². The van der Waals surface area contributed by atoms with E-state index in [4.69, 9.17) is 5.41 Å². The summed E-state index contributed by atoms with van der Waals surface area (Å²) in [5, 5.41) is 7.94. The number of unbranched alkanes of at least 4 members (excludes halogenated alkanes) is 3. The van der Waals surface area contributed by atoms with E-state index in [0.29, 0.717) is 6.67 Å². The lowest BCUT2D eigenvalue weighted by Gasteiger charge is -2.40. The van der Waals surface area contributed by atoms with Crippen LogP contribution in [0.4, 0.5) is 4.79 Å². The summed E-state index contributed by atoms with van der Waals surface area (Å²) in [4.78, 5) is 16.5. The Morgan fingerprint density at radius 2 is 2.12 bits per heavy atom. The Hall–Kier alpha value is -1.52.